The zero-order valence-electron chi connectivity index (χ0n) is 8.37. The average Bonchev–Trinajstić information content (AvgIpc) is 2.52. The smallest absolute Gasteiger partial charge is 0.310 e. The summed E-state index contributed by atoms with van der Waals surface area (Å²) in [5, 5.41) is 8.97. The molecule has 2 rings (SSSR count). The van der Waals surface area contributed by atoms with Gasteiger partial charge in [0.1, 0.15) is 0 Å². The molecule has 2 aliphatic rings. The van der Waals surface area contributed by atoms with Gasteiger partial charge in [-0.2, -0.15) is 0 Å². The van der Waals surface area contributed by atoms with Gasteiger partial charge in [-0.3, -0.25) is 4.79 Å². The minimum Gasteiger partial charge on any atom is -0.481 e. The second-order valence-corrected chi connectivity index (χ2v) is 4.99. The van der Waals surface area contributed by atoms with Crippen molar-refractivity contribution in [3.63, 3.8) is 0 Å². The van der Waals surface area contributed by atoms with Gasteiger partial charge in [0.25, 0.3) is 0 Å². The summed E-state index contributed by atoms with van der Waals surface area (Å²) in [5.74, 6) is 0.373. The highest BCUT2D eigenvalue weighted by molar-refractivity contribution is 5.74. The summed E-state index contributed by atoms with van der Waals surface area (Å²) >= 11 is 0. The quantitative estimate of drug-likeness (QED) is 0.629. The van der Waals surface area contributed by atoms with Crippen LogP contribution in [0.15, 0.2) is 11.6 Å². The van der Waals surface area contributed by atoms with Crippen LogP contribution in [0.4, 0.5) is 0 Å². The van der Waals surface area contributed by atoms with Crippen LogP contribution in [0.1, 0.15) is 27.2 Å². The van der Waals surface area contributed by atoms with Gasteiger partial charge in [-0.05, 0) is 30.6 Å². The molecule has 0 aliphatic heterocycles. The van der Waals surface area contributed by atoms with Crippen molar-refractivity contribution in [3.8, 4) is 0 Å². The lowest BCUT2D eigenvalue weighted by molar-refractivity contribution is -0.140. The molecule has 0 heterocycles. The van der Waals surface area contributed by atoms with E-state index in [1.165, 1.54) is 0 Å². The molecule has 0 aromatic heterocycles. The van der Waals surface area contributed by atoms with Gasteiger partial charge in [0, 0.05) is 0 Å². The van der Waals surface area contributed by atoms with Crippen LogP contribution in [-0.4, -0.2) is 11.1 Å². The number of carboxylic acid groups (broad SMARTS) is 1. The van der Waals surface area contributed by atoms with Crippen molar-refractivity contribution < 1.29 is 9.90 Å². The molecule has 1 fully saturated rings. The first kappa shape index (κ1) is 8.79. The van der Waals surface area contributed by atoms with Crippen molar-refractivity contribution in [2.75, 3.05) is 0 Å². The Labute approximate surface area is 78.6 Å². The molecule has 0 unspecified atom stereocenters. The molecule has 13 heavy (non-hydrogen) atoms. The summed E-state index contributed by atoms with van der Waals surface area (Å²) < 4.78 is 0. The molecule has 72 valence electrons. The van der Waals surface area contributed by atoms with Gasteiger partial charge in [-0.25, -0.2) is 0 Å². The summed E-state index contributed by atoms with van der Waals surface area (Å²) in [6.07, 6.45) is 3.02. The highest BCUT2D eigenvalue weighted by Crippen LogP contribution is 2.64. The van der Waals surface area contributed by atoms with Crippen LogP contribution in [0.3, 0.4) is 0 Å². The third-order valence-electron chi connectivity index (χ3n) is 3.92. The Morgan fingerprint density at radius 3 is 2.77 bits per heavy atom. The van der Waals surface area contributed by atoms with E-state index in [0.29, 0.717) is 17.3 Å². The fourth-order valence-electron chi connectivity index (χ4n) is 2.70. The second kappa shape index (κ2) is 2.37. The number of rotatable bonds is 1. The Morgan fingerprint density at radius 1 is 1.62 bits per heavy atom. The van der Waals surface area contributed by atoms with E-state index < -0.39 is 5.97 Å². The molecule has 1 N–H and O–H groups in total. The maximum Gasteiger partial charge on any atom is 0.310 e. The third-order valence-corrected chi connectivity index (χ3v) is 3.92. The van der Waals surface area contributed by atoms with E-state index in [1.807, 2.05) is 6.92 Å². The average molecular weight is 180 g/mol. The van der Waals surface area contributed by atoms with Gasteiger partial charge in [-0.1, -0.05) is 25.5 Å². The van der Waals surface area contributed by atoms with Crippen molar-refractivity contribution in [2.24, 2.45) is 23.2 Å². The predicted molar refractivity (Wildman–Crippen MR) is 50.3 cm³/mol. The molecule has 0 spiro atoms. The maximum atomic E-state index is 10.9. The molecule has 0 aromatic rings. The first-order valence-corrected chi connectivity index (χ1v) is 4.85. The van der Waals surface area contributed by atoms with E-state index in [2.05, 4.69) is 19.9 Å². The number of allylic oxidation sites excluding steroid dienone is 1. The van der Waals surface area contributed by atoms with Crippen molar-refractivity contribution in [1.82, 2.24) is 0 Å². The molecule has 1 saturated carbocycles. The van der Waals surface area contributed by atoms with Crippen LogP contribution >= 0.6 is 0 Å². The molecule has 0 amide bonds. The fraction of sp³-hybridized carbons (Fsp3) is 0.727. The molecule has 2 heteroatoms. The Bertz CT molecular complexity index is 288. The minimum absolute atomic E-state index is 0.219. The molecule has 0 aromatic carbocycles. The maximum absolute atomic E-state index is 10.9. The number of carboxylic acids is 1. The van der Waals surface area contributed by atoms with Crippen LogP contribution in [0, 0.1) is 23.2 Å². The molecule has 2 aliphatic carbocycles. The number of aliphatic carboxylic acids is 1. The fourth-order valence-corrected chi connectivity index (χ4v) is 2.70. The standard InChI is InChI=1S/C11H16O2/c1-6-4-8-9(11(8,2)3)5-7(6)10(12)13/h4,7-9H,5H2,1-3H3,(H,12,13)/t7-,8+,9-/m1/s1. The van der Waals surface area contributed by atoms with Crippen LogP contribution in [0.5, 0.6) is 0 Å². The molecule has 0 bridgehead atoms. The van der Waals surface area contributed by atoms with Crippen LogP contribution < -0.4 is 0 Å². The van der Waals surface area contributed by atoms with Crippen molar-refractivity contribution in [1.29, 1.82) is 0 Å². The van der Waals surface area contributed by atoms with Gasteiger partial charge >= 0.3 is 5.97 Å². The summed E-state index contributed by atoms with van der Waals surface area (Å²) in [5.41, 5.74) is 1.41. The number of fused-ring (bicyclic) bond motifs is 1. The summed E-state index contributed by atoms with van der Waals surface area (Å²) in [7, 11) is 0. The van der Waals surface area contributed by atoms with Crippen molar-refractivity contribution in [3.05, 3.63) is 11.6 Å². The van der Waals surface area contributed by atoms with Crippen LogP contribution in [0.25, 0.3) is 0 Å². The van der Waals surface area contributed by atoms with Gasteiger partial charge in [0.05, 0.1) is 5.92 Å². The van der Waals surface area contributed by atoms with Gasteiger partial charge < -0.3 is 5.11 Å². The molecular formula is C11H16O2. The lowest BCUT2D eigenvalue weighted by atomic mass is 9.89. The zero-order chi connectivity index (χ0) is 9.80. The van der Waals surface area contributed by atoms with E-state index in [9.17, 15) is 4.79 Å². The molecule has 3 atom stereocenters. The van der Waals surface area contributed by atoms with E-state index >= 15 is 0 Å². The molecule has 2 nitrogen and oxygen atoms in total. The van der Waals surface area contributed by atoms with Crippen LogP contribution in [-0.2, 0) is 4.79 Å². The van der Waals surface area contributed by atoms with E-state index in [4.69, 9.17) is 5.11 Å². The first-order chi connectivity index (χ1) is 5.94. The van der Waals surface area contributed by atoms with E-state index in [-0.39, 0.29) is 5.92 Å². The Morgan fingerprint density at radius 2 is 2.23 bits per heavy atom. The van der Waals surface area contributed by atoms with Crippen molar-refractivity contribution >= 4 is 5.97 Å². The van der Waals surface area contributed by atoms with Gasteiger partial charge in [0.2, 0.25) is 0 Å². The lowest BCUT2D eigenvalue weighted by Crippen LogP contribution is -2.18. The number of hydrogen-bond acceptors (Lipinski definition) is 1. The largest absolute Gasteiger partial charge is 0.481 e. The first-order valence-electron chi connectivity index (χ1n) is 4.85. The Balaban J connectivity index is 2.21. The minimum atomic E-state index is -0.657. The summed E-state index contributed by atoms with van der Waals surface area (Å²) in [6.45, 7) is 6.41. The normalized spacial score (nSPS) is 40.5. The summed E-state index contributed by atoms with van der Waals surface area (Å²) in [4.78, 5) is 10.9. The topological polar surface area (TPSA) is 37.3 Å². The zero-order valence-corrected chi connectivity index (χ0v) is 8.37. The van der Waals surface area contributed by atoms with E-state index in [0.717, 1.165) is 12.0 Å². The van der Waals surface area contributed by atoms with Crippen LogP contribution in [0.2, 0.25) is 0 Å². The second-order valence-electron chi connectivity index (χ2n) is 4.99. The Hall–Kier alpha value is -0.790. The molecular weight excluding hydrogens is 164 g/mol. The lowest BCUT2D eigenvalue weighted by Gasteiger charge is -2.16. The highest BCUT2D eigenvalue weighted by atomic mass is 16.4. The SMILES string of the molecule is CC1=C[C@H]2[C@@H](C[C@H]1C(=O)O)C2(C)C. The summed E-state index contributed by atoms with van der Waals surface area (Å²) in [6, 6.07) is 0. The highest BCUT2D eigenvalue weighted by Gasteiger charge is 2.59. The number of hydrogen-bond donors (Lipinski definition) is 1. The monoisotopic (exact) mass is 180 g/mol. The Kier molecular flexibility index (Phi) is 1.60. The van der Waals surface area contributed by atoms with Crippen molar-refractivity contribution in [2.45, 2.75) is 27.2 Å². The molecule has 0 saturated heterocycles. The van der Waals surface area contributed by atoms with Gasteiger partial charge in [-0.15, -0.1) is 0 Å². The predicted octanol–water partition coefficient (Wildman–Crippen LogP) is 2.31. The van der Waals surface area contributed by atoms with E-state index in [1.54, 1.807) is 0 Å². The third kappa shape index (κ3) is 1.11. The number of carbonyl (C=O) groups is 1. The van der Waals surface area contributed by atoms with Gasteiger partial charge in [0.15, 0.2) is 0 Å². The molecule has 0 radical (unpaired) electrons.